The van der Waals surface area contributed by atoms with E-state index in [9.17, 15) is 0 Å². The first-order valence-corrected chi connectivity index (χ1v) is 19.8. The number of benzene rings is 8. The third-order valence-electron chi connectivity index (χ3n) is 12.1. The predicted molar refractivity (Wildman–Crippen MR) is 241 cm³/mol. The van der Waals surface area contributed by atoms with Crippen molar-refractivity contribution in [3.63, 3.8) is 0 Å². The van der Waals surface area contributed by atoms with Crippen LogP contribution >= 0.6 is 0 Å². The number of hydrogen-bond acceptors (Lipinski definition) is 2. The molecule has 2 nitrogen and oxygen atoms in total. The first-order chi connectivity index (χ1) is 28.1. The van der Waals surface area contributed by atoms with Crippen molar-refractivity contribution >= 4 is 66.1 Å². The highest BCUT2D eigenvalue weighted by Gasteiger charge is 2.30. The summed E-state index contributed by atoms with van der Waals surface area (Å²) >= 11 is 0. The van der Waals surface area contributed by atoms with Crippen LogP contribution in [-0.4, -0.2) is 0 Å². The minimum absolute atomic E-state index is 0.0227. The molecule has 2 aliphatic rings. The number of furan rings is 1. The molecule has 0 spiro atoms. The van der Waals surface area contributed by atoms with Crippen molar-refractivity contribution < 1.29 is 4.42 Å². The molecule has 57 heavy (non-hydrogen) atoms. The predicted octanol–water partition coefficient (Wildman–Crippen LogP) is 15.5. The molecule has 0 bridgehead atoms. The van der Waals surface area contributed by atoms with Crippen LogP contribution in [0.5, 0.6) is 0 Å². The van der Waals surface area contributed by atoms with Crippen molar-refractivity contribution in [3.8, 4) is 22.3 Å². The fourth-order valence-corrected chi connectivity index (χ4v) is 9.14. The van der Waals surface area contributed by atoms with E-state index in [0.717, 1.165) is 45.4 Å². The molecule has 0 saturated heterocycles. The van der Waals surface area contributed by atoms with Gasteiger partial charge in [-0.15, -0.1) is 0 Å². The van der Waals surface area contributed by atoms with Gasteiger partial charge >= 0.3 is 0 Å². The fraction of sp³-hybridized carbons (Fsp3) is 0.0545. The van der Waals surface area contributed by atoms with E-state index in [1.165, 1.54) is 60.5 Å². The Bertz CT molecular complexity index is 3140. The maximum Gasteiger partial charge on any atom is 0.137 e. The van der Waals surface area contributed by atoms with Crippen LogP contribution in [0.3, 0.4) is 0 Å². The molecule has 0 radical (unpaired) electrons. The van der Waals surface area contributed by atoms with E-state index in [2.05, 4.69) is 212 Å². The van der Waals surface area contributed by atoms with Crippen molar-refractivity contribution in [2.45, 2.75) is 13.3 Å². The molecule has 8 aromatic carbocycles. The molecule has 1 aromatic heterocycles. The minimum atomic E-state index is 0.0227. The SMILES string of the molecule is CC12C=CC=CC1=C(c1ccc(N(c3ccc(-c4ccc(-c5cccc6c5ccc5ccccc56)cc4)cc3)c3cccc4oc5ccccc5c34)cc1)C=CC2. The normalized spacial score (nSPS) is 16.2. The van der Waals surface area contributed by atoms with Gasteiger partial charge in [0.25, 0.3) is 0 Å². The molecule has 0 amide bonds. The second kappa shape index (κ2) is 13.3. The van der Waals surface area contributed by atoms with Crippen LogP contribution in [0.15, 0.2) is 216 Å². The van der Waals surface area contributed by atoms with Gasteiger partial charge in [-0.2, -0.15) is 0 Å². The number of para-hydroxylation sites is 1. The Hall–Kier alpha value is -7.16. The Balaban J connectivity index is 0.976. The lowest BCUT2D eigenvalue weighted by atomic mass is 9.71. The highest BCUT2D eigenvalue weighted by molar-refractivity contribution is 6.14. The van der Waals surface area contributed by atoms with Gasteiger partial charge in [0.05, 0.1) is 11.1 Å². The summed E-state index contributed by atoms with van der Waals surface area (Å²) < 4.78 is 6.38. The lowest BCUT2D eigenvalue weighted by molar-refractivity contribution is 0.529. The van der Waals surface area contributed by atoms with E-state index < -0.39 is 0 Å². The molecular formula is C55H39NO. The molecular weight excluding hydrogens is 691 g/mol. The largest absolute Gasteiger partial charge is 0.456 e. The highest BCUT2D eigenvalue weighted by Crippen LogP contribution is 2.46. The molecule has 1 heterocycles. The summed E-state index contributed by atoms with van der Waals surface area (Å²) in [5.41, 5.74) is 13.7. The van der Waals surface area contributed by atoms with E-state index in [4.69, 9.17) is 4.42 Å². The Morgan fingerprint density at radius 1 is 0.491 bits per heavy atom. The molecule has 0 N–H and O–H groups in total. The van der Waals surface area contributed by atoms with Crippen LogP contribution in [0.25, 0.3) is 71.3 Å². The third kappa shape index (κ3) is 5.56. The fourth-order valence-electron chi connectivity index (χ4n) is 9.14. The summed E-state index contributed by atoms with van der Waals surface area (Å²) in [5.74, 6) is 0. The zero-order valence-electron chi connectivity index (χ0n) is 31.7. The number of hydrogen-bond donors (Lipinski definition) is 0. The van der Waals surface area contributed by atoms with Gasteiger partial charge in [-0.1, -0.05) is 171 Å². The lowest BCUT2D eigenvalue weighted by Crippen LogP contribution is -2.20. The zero-order valence-corrected chi connectivity index (χ0v) is 31.7. The monoisotopic (exact) mass is 729 g/mol. The minimum Gasteiger partial charge on any atom is -0.456 e. The molecule has 1 atom stereocenters. The van der Waals surface area contributed by atoms with Gasteiger partial charge in [-0.3, -0.25) is 0 Å². The van der Waals surface area contributed by atoms with Crippen LogP contribution in [0.4, 0.5) is 17.1 Å². The van der Waals surface area contributed by atoms with Crippen LogP contribution in [-0.2, 0) is 0 Å². The number of allylic oxidation sites excluding steroid dienone is 8. The Morgan fingerprint density at radius 3 is 1.95 bits per heavy atom. The molecule has 270 valence electrons. The van der Waals surface area contributed by atoms with E-state index in [1.807, 2.05) is 6.07 Å². The summed E-state index contributed by atoms with van der Waals surface area (Å²) in [7, 11) is 0. The maximum absolute atomic E-state index is 6.38. The third-order valence-corrected chi connectivity index (χ3v) is 12.1. The van der Waals surface area contributed by atoms with Gasteiger partial charge in [0.1, 0.15) is 11.2 Å². The summed E-state index contributed by atoms with van der Waals surface area (Å²) in [6, 6.07) is 61.5. The first kappa shape index (κ1) is 33.2. The van der Waals surface area contributed by atoms with E-state index in [1.54, 1.807) is 0 Å². The summed E-state index contributed by atoms with van der Waals surface area (Å²) in [6.07, 6.45) is 14.6. The molecule has 11 rings (SSSR count). The van der Waals surface area contributed by atoms with Gasteiger partial charge in [0.2, 0.25) is 0 Å². The topological polar surface area (TPSA) is 16.4 Å². The van der Waals surface area contributed by atoms with Gasteiger partial charge in [0, 0.05) is 22.2 Å². The number of rotatable bonds is 6. The summed E-state index contributed by atoms with van der Waals surface area (Å²) in [4.78, 5) is 2.37. The van der Waals surface area contributed by atoms with Crippen LogP contribution in [0.1, 0.15) is 18.9 Å². The molecule has 0 fully saturated rings. The Morgan fingerprint density at radius 2 is 1.14 bits per heavy atom. The van der Waals surface area contributed by atoms with Crippen molar-refractivity contribution in [2.75, 3.05) is 4.90 Å². The quantitative estimate of drug-likeness (QED) is 0.158. The molecule has 1 unspecified atom stereocenters. The van der Waals surface area contributed by atoms with Crippen LogP contribution in [0.2, 0.25) is 0 Å². The maximum atomic E-state index is 6.38. The second-order valence-corrected chi connectivity index (χ2v) is 15.5. The molecule has 2 heteroatoms. The van der Waals surface area contributed by atoms with Crippen molar-refractivity contribution in [2.24, 2.45) is 5.41 Å². The van der Waals surface area contributed by atoms with Crippen molar-refractivity contribution in [1.29, 1.82) is 0 Å². The number of anilines is 3. The summed E-state index contributed by atoms with van der Waals surface area (Å²) in [6.45, 7) is 2.34. The van der Waals surface area contributed by atoms with Crippen molar-refractivity contribution in [3.05, 3.63) is 217 Å². The van der Waals surface area contributed by atoms with Crippen molar-refractivity contribution in [1.82, 2.24) is 0 Å². The number of fused-ring (bicyclic) bond motifs is 7. The lowest BCUT2D eigenvalue weighted by Gasteiger charge is -2.33. The standard InChI is InChI=1S/C55H39NO/c1-55-35-7-6-17-50(55)46(16-10-36-55)41-27-32-43(33-28-41)56(51-18-9-20-53-54(51)49-13-4-5-19-52(49)57-53)42-30-25-38(26-31-42)37-21-23-40(24-22-37)45-14-8-15-47-44-12-3-2-11-39(44)29-34-48(45)47/h2-35H,36H2,1H3. The van der Waals surface area contributed by atoms with E-state index in [0.29, 0.717) is 0 Å². The molecule has 0 aliphatic heterocycles. The zero-order chi connectivity index (χ0) is 37.9. The van der Waals surface area contributed by atoms with Crippen LogP contribution in [0, 0.1) is 5.41 Å². The highest BCUT2D eigenvalue weighted by atomic mass is 16.3. The van der Waals surface area contributed by atoms with E-state index >= 15 is 0 Å². The smallest absolute Gasteiger partial charge is 0.137 e. The molecule has 0 saturated carbocycles. The van der Waals surface area contributed by atoms with Gasteiger partial charge in [0.15, 0.2) is 0 Å². The van der Waals surface area contributed by atoms with Crippen LogP contribution < -0.4 is 4.90 Å². The van der Waals surface area contributed by atoms with Gasteiger partial charge in [-0.25, -0.2) is 0 Å². The first-order valence-electron chi connectivity index (χ1n) is 19.8. The Kier molecular flexibility index (Phi) is 7.72. The second-order valence-electron chi connectivity index (χ2n) is 15.5. The summed E-state index contributed by atoms with van der Waals surface area (Å²) in [5, 5.41) is 7.33. The van der Waals surface area contributed by atoms with Gasteiger partial charge < -0.3 is 9.32 Å². The molecule has 2 aliphatic carbocycles. The average Bonchev–Trinajstić information content (AvgIpc) is 3.66. The number of nitrogens with zero attached hydrogens (tertiary/aromatic N) is 1. The molecule has 9 aromatic rings. The average molecular weight is 730 g/mol. The Labute approximate surface area is 332 Å². The van der Waals surface area contributed by atoms with E-state index in [-0.39, 0.29) is 5.41 Å². The van der Waals surface area contributed by atoms with Gasteiger partial charge in [-0.05, 0) is 109 Å².